The smallest absolute Gasteiger partial charge is 0.324 e. The maximum Gasteiger partial charge on any atom is 0.436 e. The Hall–Kier alpha value is -1.54. The van der Waals surface area contributed by atoms with Gasteiger partial charge in [-0.05, 0) is 60.3 Å². The van der Waals surface area contributed by atoms with Crippen molar-refractivity contribution >= 4 is 39.1 Å². The van der Waals surface area contributed by atoms with E-state index in [2.05, 4.69) is 26.3 Å². The molecule has 1 atom stereocenters. The van der Waals surface area contributed by atoms with Gasteiger partial charge in [-0.25, -0.2) is 0 Å². The number of rotatable bonds is 4. The number of nitrogens with zero attached hydrogens (tertiary/aromatic N) is 2. The average Bonchev–Trinajstić information content (AvgIpc) is 3.31. The molecule has 0 saturated heterocycles. The molecule has 0 bridgehead atoms. The minimum Gasteiger partial charge on any atom is -0.324 e. The van der Waals surface area contributed by atoms with E-state index in [0.717, 1.165) is 18.4 Å². The summed E-state index contributed by atoms with van der Waals surface area (Å²) in [7, 11) is 0. The van der Waals surface area contributed by atoms with Crippen molar-refractivity contribution < 1.29 is 18.0 Å². The summed E-state index contributed by atoms with van der Waals surface area (Å²) < 4.78 is 40.7. The van der Waals surface area contributed by atoms with Crippen LogP contribution < -0.4 is 5.32 Å². The summed E-state index contributed by atoms with van der Waals surface area (Å²) in [5.74, 6) is -0.475. The second kappa shape index (κ2) is 6.88. The predicted octanol–water partition coefficient (Wildman–Crippen LogP) is 5.70. The molecule has 3 rings (SSSR count). The third kappa shape index (κ3) is 3.76. The van der Waals surface area contributed by atoms with E-state index < -0.39 is 23.8 Å². The van der Waals surface area contributed by atoms with Gasteiger partial charge in [-0.2, -0.15) is 18.3 Å². The van der Waals surface area contributed by atoms with Crippen LogP contribution in [0.3, 0.4) is 0 Å². The molecule has 1 unspecified atom stereocenters. The summed E-state index contributed by atoms with van der Waals surface area (Å²) in [6.07, 6.45) is -3.03. The lowest BCUT2D eigenvalue weighted by Crippen LogP contribution is -2.26. The number of carbonyl (C=O) groups is 1. The summed E-state index contributed by atoms with van der Waals surface area (Å²) in [6, 6.07) is 4.14. The molecule has 1 aliphatic rings. The standard InChI is InChI=1S/C17H16BrClF3N3O/c1-8-3-6-11(19)7-12(8)23-16(26)9(2)25-14(10-4-5-10)13(18)15(24-25)17(20,21)22/h3,6-7,9-10H,4-5H2,1-2H3,(H,23,26). The molecule has 4 nitrogen and oxygen atoms in total. The fraction of sp³-hybridized carbons (Fsp3) is 0.412. The molecule has 0 spiro atoms. The van der Waals surface area contributed by atoms with Crippen molar-refractivity contribution in [2.75, 3.05) is 5.32 Å². The highest BCUT2D eigenvalue weighted by Gasteiger charge is 2.43. The summed E-state index contributed by atoms with van der Waals surface area (Å²) in [5, 5.41) is 6.88. The quantitative estimate of drug-likeness (QED) is 0.649. The number of hydrogen-bond acceptors (Lipinski definition) is 2. The van der Waals surface area contributed by atoms with E-state index in [1.165, 1.54) is 11.6 Å². The minimum atomic E-state index is -4.59. The van der Waals surface area contributed by atoms with E-state index in [9.17, 15) is 18.0 Å². The Balaban J connectivity index is 1.93. The van der Waals surface area contributed by atoms with Gasteiger partial charge in [0.25, 0.3) is 0 Å². The van der Waals surface area contributed by atoms with Gasteiger partial charge in [-0.1, -0.05) is 17.7 Å². The van der Waals surface area contributed by atoms with Crippen LogP contribution in [0.5, 0.6) is 0 Å². The van der Waals surface area contributed by atoms with Crippen molar-refractivity contribution in [3.05, 3.63) is 44.6 Å². The van der Waals surface area contributed by atoms with Crippen LogP contribution in [0.25, 0.3) is 0 Å². The maximum atomic E-state index is 13.2. The van der Waals surface area contributed by atoms with Gasteiger partial charge in [-0.3, -0.25) is 9.48 Å². The van der Waals surface area contributed by atoms with Crippen LogP contribution in [0.1, 0.15) is 48.7 Å². The molecule has 1 heterocycles. The fourth-order valence-corrected chi connectivity index (χ4v) is 3.69. The van der Waals surface area contributed by atoms with E-state index in [4.69, 9.17) is 11.6 Å². The maximum absolute atomic E-state index is 13.2. The second-order valence-corrected chi connectivity index (χ2v) is 7.62. The van der Waals surface area contributed by atoms with Gasteiger partial charge in [0, 0.05) is 16.6 Å². The number of alkyl halides is 3. The number of halogens is 5. The molecule has 1 N–H and O–H groups in total. The zero-order chi connectivity index (χ0) is 19.2. The van der Waals surface area contributed by atoms with Crippen LogP contribution in [-0.2, 0) is 11.0 Å². The zero-order valence-corrected chi connectivity index (χ0v) is 16.3. The van der Waals surface area contributed by atoms with Crippen molar-refractivity contribution in [2.24, 2.45) is 0 Å². The Bertz CT molecular complexity index is 862. The van der Waals surface area contributed by atoms with Crippen LogP contribution in [0.15, 0.2) is 22.7 Å². The molecule has 1 fully saturated rings. The van der Waals surface area contributed by atoms with Gasteiger partial charge in [0.15, 0.2) is 5.69 Å². The van der Waals surface area contributed by atoms with Gasteiger partial charge < -0.3 is 5.32 Å². The average molecular weight is 451 g/mol. The Labute approximate surface area is 161 Å². The first-order valence-corrected chi connectivity index (χ1v) is 9.18. The number of hydrogen-bond donors (Lipinski definition) is 1. The monoisotopic (exact) mass is 449 g/mol. The molecule has 9 heteroatoms. The predicted molar refractivity (Wildman–Crippen MR) is 96.4 cm³/mol. The van der Waals surface area contributed by atoms with Crippen LogP contribution in [0.2, 0.25) is 5.02 Å². The topological polar surface area (TPSA) is 46.9 Å². The number of aryl methyl sites for hydroxylation is 1. The number of anilines is 1. The summed E-state index contributed by atoms with van der Waals surface area (Å²) >= 11 is 8.98. The molecule has 0 radical (unpaired) electrons. The van der Waals surface area contributed by atoms with Gasteiger partial charge in [0.1, 0.15) is 6.04 Å². The minimum absolute atomic E-state index is 0.0175. The fourth-order valence-electron chi connectivity index (χ4n) is 2.70. The molecule has 140 valence electrons. The van der Waals surface area contributed by atoms with Crippen LogP contribution in [0, 0.1) is 6.92 Å². The van der Waals surface area contributed by atoms with Gasteiger partial charge >= 0.3 is 6.18 Å². The molecule has 1 aromatic carbocycles. The highest BCUT2D eigenvalue weighted by atomic mass is 79.9. The number of nitrogens with one attached hydrogen (secondary N) is 1. The lowest BCUT2D eigenvalue weighted by molar-refractivity contribution is -0.142. The van der Waals surface area contributed by atoms with E-state index in [1.54, 1.807) is 25.1 Å². The summed E-state index contributed by atoms with van der Waals surface area (Å²) in [6.45, 7) is 3.33. The van der Waals surface area contributed by atoms with Crippen molar-refractivity contribution in [3.8, 4) is 0 Å². The highest BCUT2D eigenvalue weighted by molar-refractivity contribution is 9.10. The van der Waals surface area contributed by atoms with Crippen LogP contribution in [-0.4, -0.2) is 15.7 Å². The number of amides is 1. The molecule has 2 aromatic rings. The largest absolute Gasteiger partial charge is 0.436 e. The Morgan fingerprint density at radius 1 is 1.42 bits per heavy atom. The third-order valence-corrected chi connectivity index (χ3v) is 5.34. The molecule has 26 heavy (non-hydrogen) atoms. The summed E-state index contributed by atoms with van der Waals surface area (Å²) in [5.41, 5.74) is 0.736. The lowest BCUT2D eigenvalue weighted by atomic mass is 10.2. The zero-order valence-electron chi connectivity index (χ0n) is 14.0. The molecule has 0 aliphatic heterocycles. The lowest BCUT2D eigenvalue weighted by Gasteiger charge is -2.17. The first-order chi connectivity index (χ1) is 12.1. The second-order valence-electron chi connectivity index (χ2n) is 6.39. The first-order valence-electron chi connectivity index (χ1n) is 8.01. The SMILES string of the molecule is Cc1ccc(Cl)cc1NC(=O)C(C)n1nc(C(F)(F)F)c(Br)c1C1CC1. The third-order valence-electron chi connectivity index (χ3n) is 4.32. The number of carbonyl (C=O) groups excluding carboxylic acids is 1. The molecule has 1 amide bonds. The Kier molecular flexibility index (Phi) is 5.09. The molecular formula is C17H16BrClF3N3O. The van der Waals surface area contributed by atoms with Crippen LogP contribution >= 0.6 is 27.5 Å². The van der Waals surface area contributed by atoms with Crippen molar-refractivity contribution in [1.82, 2.24) is 9.78 Å². The van der Waals surface area contributed by atoms with E-state index in [0.29, 0.717) is 16.4 Å². The Morgan fingerprint density at radius 2 is 2.08 bits per heavy atom. The Morgan fingerprint density at radius 3 is 2.65 bits per heavy atom. The van der Waals surface area contributed by atoms with Crippen molar-refractivity contribution in [2.45, 2.75) is 44.8 Å². The molecule has 1 aliphatic carbocycles. The molecule has 1 aromatic heterocycles. The van der Waals surface area contributed by atoms with Gasteiger partial charge in [0.2, 0.25) is 5.91 Å². The van der Waals surface area contributed by atoms with Crippen molar-refractivity contribution in [3.63, 3.8) is 0 Å². The normalized spacial score (nSPS) is 15.8. The van der Waals surface area contributed by atoms with E-state index in [1.807, 2.05) is 0 Å². The van der Waals surface area contributed by atoms with Crippen molar-refractivity contribution in [1.29, 1.82) is 0 Å². The first kappa shape index (κ1) is 19.2. The van der Waals surface area contributed by atoms with Crippen LogP contribution in [0.4, 0.5) is 18.9 Å². The molecule has 1 saturated carbocycles. The molecular weight excluding hydrogens is 435 g/mol. The number of benzene rings is 1. The summed E-state index contributed by atoms with van der Waals surface area (Å²) in [4.78, 5) is 12.6. The highest BCUT2D eigenvalue weighted by Crippen LogP contribution is 2.47. The number of aromatic nitrogens is 2. The van der Waals surface area contributed by atoms with Gasteiger partial charge in [0.05, 0.1) is 10.2 Å². The van der Waals surface area contributed by atoms with E-state index >= 15 is 0 Å². The van der Waals surface area contributed by atoms with E-state index in [-0.39, 0.29) is 10.4 Å². The van der Waals surface area contributed by atoms with Gasteiger partial charge in [-0.15, -0.1) is 0 Å².